The normalized spacial score (nSPS) is 20.7. The van der Waals surface area contributed by atoms with Crippen LogP contribution in [0.25, 0.3) is 5.78 Å². The average molecular weight is 534 g/mol. The first-order valence-electron chi connectivity index (χ1n) is 13.1. The van der Waals surface area contributed by atoms with Gasteiger partial charge < -0.3 is 9.84 Å². The predicted molar refractivity (Wildman–Crippen MR) is 143 cm³/mol. The van der Waals surface area contributed by atoms with E-state index in [4.69, 9.17) is 16.3 Å². The molecule has 2 aromatic heterocycles. The van der Waals surface area contributed by atoms with Crippen LogP contribution in [0.5, 0.6) is 0 Å². The highest BCUT2D eigenvalue weighted by atomic mass is 35.5. The number of aliphatic hydroxyl groups is 1. The summed E-state index contributed by atoms with van der Waals surface area (Å²) in [4.78, 5) is 21.8. The fourth-order valence-electron chi connectivity index (χ4n) is 6.02. The Hall–Kier alpha value is -3.44. The maximum Gasteiger partial charge on any atom is 0.338 e. The molecule has 1 aliphatic carbocycles. The van der Waals surface area contributed by atoms with Crippen LogP contribution in [0.15, 0.2) is 41.9 Å². The predicted octanol–water partition coefficient (Wildman–Crippen LogP) is 5.75. The Labute approximate surface area is 227 Å². The van der Waals surface area contributed by atoms with E-state index in [9.17, 15) is 15.2 Å². The van der Waals surface area contributed by atoms with Gasteiger partial charge in [-0.2, -0.15) is 10.2 Å². The van der Waals surface area contributed by atoms with E-state index in [1.54, 1.807) is 6.20 Å². The first-order valence-corrected chi connectivity index (χ1v) is 13.5. The number of nitrogens with zero attached hydrogens (tertiary/aromatic N) is 5. The van der Waals surface area contributed by atoms with Crippen molar-refractivity contribution in [3.63, 3.8) is 0 Å². The topological polar surface area (TPSA) is 113 Å². The zero-order chi connectivity index (χ0) is 27.1. The number of esters is 1. The summed E-state index contributed by atoms with van der Waals surface area (Å²) in [6.07, 6.45) is 8.89. The van der Waals surface area contributed by atoms with E-state index in [-0.39, 0.29) is 30.1 Å². The maximum atomic E-state index is 13.3. The molecule has 1 aliphatic heterocycles. The Balaban J connectivity index is 1.38. The third kappa shape index (κ3) is 5.00. The Morgan fingerprint density at radius 2 is 2.08 bits per heavy atom. The van der Waals surface area contributed by atoms with E-state index in [1.807, 2.05) is 26.8 Å². The summed E-state index contributed by atoms with van der Waals surface area (Å²) in [5.41, 5.74) is 2.10. The molecule has 5 rings (SSSR count). The summed E-state index contributed by atoms with van der Waals surface area (Å²) in [5, 5.41) is 25.5. The Kier molecular flexibility index (Phi) is 6.91. The van der Waals surface area contributed by atoms with Gasteiger partial charge in [0.25, 0.3) is 5.78 Å². The third-order valence-corrected chi connectivity index (χ3v) is 8.27. The van der Waals surface area contributed by atoms with Gasteiger partial charge in [-0.3, -0.25) is 0 Å². The number of carbonyl (C=O) groups is 1. The van der Waals surface area contributed by atoms with Gasteiger partial charge in [-0.1, -0.05) is 42.6 Å². The van der Waals surface area contributed by atoms with E-state index >= 15 is 0 Å². The summed E-state index contributed by atoms with van der Waals surface area (Å²) >= 11 is 5.99. The second-order valence-electron chi connectivity index (χ2n) is 11.1. The van der Waals surface area contributed by atoms with Crippen LogP contribution in [-0.2, 0) is 27.8 Å². The number of carbonyl (C=O) groups excluding carboxylic acids is 1. The number of hydrogen-bond acceptors (Lipinski definition) is 7. The summed E-state index contributed by atoms with van der Waals surface area (Å²) < 4.78 is 7.71. The van der Waals surface area contributed by atoms with Crippen molar-refractivity contribution < 1.29 is 14.6 Å². The molecule has 0 amide bonds. The summed E-state index contributed by atoms with van der Waals surface area (Å²) in [6, 6.07) is 8.59. The van der Waals surface area contributed by atoms with E-state index in [0.717, 1.165) is 42.4 Å². The molecule has 1 atom stereocenters. The van der Waals surface area contributed by atoms with Crippen LogP contribution < -0.4 is 0 Å². The lowest BCUT2D eigenvalue weighted by molar-refractivity contribution is -0.167. The van der Waals surface area contributed by atoms with Crippen molar-refractivity contribution in [3.8, 4) is 6.07 Å². The molecule has 0 bridgehead atoms. The molecule has 1 unspecified atom stereocenters. The Bertz CT molecular complexity index is 1460. The molecule has 1 fully saturated rings. The van der Waals surface area contributed by atoms with Gasteiger partial charge in [0, 0.05) is 12.8 Å². The zero-order valence-electron chi connectivity index (χ0n) is 22.0. The number of aromatic nitrogens is 4. The molecule has 0 radical (unpaired) electrons. The van der Waals surface area contributed by atoms with Crippen LogP contribution in [0.4, 0.5) is 0 Å². The zero-order valence-corrected chi connectivity index (χ0v) is 22.8. The van der Waals surface area contributed by atoms with Gasteiger partial charge in [-0.25, -0.2) is 14.3 Å². The van der Waals surface area contributed by atoms with Crippen LogP contribution in [0.1, 0.15) is 74.9 Å². The molecule has 38 heavy (non-hydrogen) atoms. The summed E-state index contributed by atoms with van der Waals surface area (Å²) in [7, 11) is 0. The molecule has 1 saturated carbocycles. The maximum absolute atomic E-state index is 13.3. The standard InChI is InChI=1S/C29H32ClN5O3/c1-18-12-19(8-9-23(18)28(2,3)17-31)10-11-29(20-6-4-5-7-20)14-24(36)22(26(37)38-29)13-25-33-27-32-15-21(30)16-35(27)34-25/h8-9,12,15-16,20,36H,4-7,10-11,13-14H2,1-3H3. The lowest BCUT2D eigenvalue weighted by Gasteiger charge is -2.41. The largest absolute Gasteiger partial charge is 0.512 e. The number of ether oxygens (including phenoxy) is 1. The smallest absolute Gasteiger partial charge is 0.338 e. The SMILES string of the molecule is Cc1cc(CCC2(C3CCCC3)CC(O)=C(Cc3nc4ncc(Cl)cn4n3)C(=O)O2)ccc1C(C)(C)C#N. The van der Waals surface area contributed by atoms with Crippen LogP contribution in [0.3, 0.4) is 0 Å². The highest BCUT2D eigenvalue weighted by molar-refractivity contribution is 6.30. The summed E-state index contributed by atoms with van der Waals surface area (Å²) in [6.45, 7) is 5.88. The van der Waals surface area contributed by atoms with Gasteiger partial charge in [0.15, 0.2) is 5.82 Å². The molecule has 0 saturated heterocycles. The van der Waals surface area contributed by atoms with Crippen LogP contribution in [-0.4, -0.2) is 36.3 Å². The molecule has 9 heteroatoms. The Morgan fingerprint density at radius 3 is 2.76 bits per heavy atom. The fourth-order valence-corrected chi connectivity index (χ4v) is 6.16. The molecule has 2 aliphatic rings. The van der Waals surface area contributed by atoms with Crippen molar-refractivity contribution in [2.75, 3.05) is 0 Å². The van der Waals surface area contributed by atoms with Gasteiger partial charge >= 0.3 is 5.97 Å². The van der Waals surface area contributed by atoms with Gasteiger partial charge in [-0.15, -0.1) is 5.10 Å². The van der Waals surface area contributed by atoms with Crippen molar-refractivity contribution in [2.24, 2.45) is 5.92 Å². The average Bonchev–Trinajstić information content (AvgIpc) is 3.55. The lowest BCUT2D eigenvalue weighted by atomic mass is 9.76. The minimum atomic E-state index is -0.749. The van der Waals surface area contributed by atoms with E-state index in [1.165, 1.54) is 10.7 Å². The second-order valence-corrected chi connectivity index (χ2v) is 11.6. The highest BCUT2D eigenvalue weighted by Crippen LogP contribution is 2.46. The summed E-state index contributed by atoms with van der Waals surface area (Å²) in [5.74, 6) is 0.483. The molecule has 3 heterocycles. The highest BCUT2D eigenvalue weighted by Gasteiger charge is 2.48. The first kappa shape index (κ1) is 26.2. The lowest BCUT2D eigenvalue weighted by Crippen LogP contribution is -2.46. The Morgan fingerprint density at radius 1 is 1.32 bits per heavy atom. The van der Waals surface area contributed by atoms with E-state index in [0.29, 0.717) is 29.5 Å². The number of halogens is 1. The van der Waals surface area contributed by atoms with Gasteiger partial charge in [0.05, 0.1) is 34.5 Å². The molecule has 1 N–H and O–H groups in total. The number of cyclic esters (lactones) is 1. The number of benzene rings is 1. The number of fused-ring (bicyclic) bond motifs is 1. The van der Waals surface area contributed by atoms with Crippen molar-refractivity contribution >= 4 is 23.3 Å². The van der Waals surface area contributed by atoms with Crippen LogP contribution in [0.2, 0.25) is 5.02 Å². The van der Waals surface area contributed by atoms with Crippen LogP contribution in [0, 0.1) is 24.2 Å². The van der Waals surface area contributed by atoms with E-state index < -0.39 is 17.0 Å². The first-order chi connectivity index (χ1) is 18.1. The molecule has 3 aromatic rings. The quantitative estimate of drug-likeness (QED) is 0.384. The second kappa shape index (κ2) is 10.0. The van der Waals surface area contributed by atoms with Crippen molar-refractivity contribution in [2.45, 2.75) is 83.2 Å². The number of hydrogen-bond donors (Lipinski definition) is 1. The molecule has 198 valence electrons. The monoisotopic (exact) mass is 533 g/mol. The minimum absolute atomic E-state index is 0.0558. The van der Waals surface area contributed by atoms with Crippen molar-refractivity contribution in [3.05, 3.63) is 69.5 Å². The van der Waals surface area contributed by atoms with Crippen molar-refractivity contribution in [1.82, 2.24) is 19.6 Å². The fraction of sp³-hybridized carbons (Fsp3) is 0.483. The number of rotatable bonds is 7. The molecule has 1 aromatic carbocycles. The number of aryl methyl sites for hydroxylation is 2. The van der Waals surface area contributed by atoms with Gasteiger partial charge in [0.2, 0.25) is 0 Å². The third-order valence-electron chi connectivity index (χ3n) is 8.08. The van der Waals surface area contributed by atoms with Crippen LogP contribution >= 0.6 is 11.6 Å². The van der Waals surface area contributed by atoms with Gasteiger partial charge in [-0.05, 0) is 69.1 Å². The number of aliphatic hydroxyl groups excluding tert-OH is 1. The molecule has 0 spiro atoms. The molecular formula is C29H32ClN5O3. The minimum Gasteiger partial charge on any atom is -0.512 e. The molecular weight excluding hydrogens is 502 g/mol. The van der Waals surface area contributed by atoms with Crippen molar-refractivity contribution in [1.29, 1.82) is 5.26 Å². The van der Waals surface area contributed by atoms with E-state index in [2.05, 4.69) is 33.3 Å². The number of nitriles is 1. The van der Waals surface area contributed by atoms with Gasteiger partial charge in [0.1, 0.15) is 11.4 Å². The molecule has 8 nitrogen and oxygen atoms in total.